The summed E-state index contributed by atoms with van der Waals surface area (Å²) >= 11 is 0. The Morgan fingerprint density at radius 2 is 2.00 bits per heavy atom. The van der Waals surface area contributed by atoms with Crippen LogP contribution in [0.1, 0.15) is 25.8 Å². The van der Waals surface area contributed by atoms with Crippen LogP contribution in [0.2, 0.25) is 0 Å². The summed E-state index contributed by atoms with van der Waals surface area (Å²) in [5.41, 5.74) is 2.96. The molecule has 1 unspecified atom stereocenters. The Bertz CT molecular complexity index is 1000. The molecule has 0 aliphatic carbocycles. The number of benzene rings is 1. The van der Waals surface area contributed by atoms with Crippen molar-refractivity contribution in [2.75, 3.05) is 6.26 Å². The molecule has 0 saturated heterocycles. The maximum atomic E-state index is 12.3. The van der Waals surface area contributed by atoms with Gasteiger partial charge in [0, 0.05) is 35.5 Å². The molecular formula is C19H23N3O3S. The van der Waals surface area contributed by atoms with E-state index >= 15 is 0 Å². The predicted octanol–water partition coefficient (Wildman–Crippen LogP) is 2.58. The molecule has 0 bridgehead atoms. The van der Waals surface area contributed by atoms with E-state index in [2.05, 4.69) is 15.3 Å². The van der Waals surface area contributed by atoms with Gasteiger partial charge in [-0.05, 0) is 24.0 Å². The molecular weight excluding hydrogens is 350 g/mol. The topological polar surface area (TPSA) is 91.4 Å². The summed E-state index contributed by atoms with van der Waals surface area (Å²) < 4.78 is 24.6. The Balaban J connectivity index is 2.07. The van der Waals surface area contributed by atoms with Crippen molar-refractivity contribution < 1.29 is 13.2 Å². The van der Waals surface area contributed by atoms with Crippen LogP contribution in [0.5, 0.6) is 0 Å². The molecule has 1 aliphatic rings. The van der Waals surface area contributed by atoms with Crippen molar-refractivity contribution >= 4 is 32.7 Å². The minimum atomic E-state index is -3.53. The fourth-order valence-electron chi connectivity index (χ4n) is 3.21. The first-order chi connectivity index (χ1) is 12.3. The van der Waals surface area contributed by atoms with Gasteiger partial charge in [0.25, 0.3) is 0 Å². The molecule has 1 aromatic carbocycles. The number of allylic oxidation sites excluding steroid dienone is 1. The number of hydrogen-bond donors (Lipinski definition) is 2. The van der Waals surface area contributed by atoms with E-state index in [0.29, 0.717) is 24.3 Å². The van der Waals surface area contributed by atoms with E-state index in [0.717, 1.165) is 29.0 Å². The molecule has 1 atom stereocenters. The maximum absolute atomic E-state index is 12.3. The number of hydrogen-bond acceptors (Lipinski definition) is 5. The van der Waals surface area contributed by atoms with E-state index in [1.807, 2.05) is 44.3 Å². The summed E-state index contributed by atoms with van der Waals surface area (Å²) in [7, 11) is -3.53. The Hall–Kier alpha value is -2.41. The van der Waals surface area contributed by atoms with Gasteiger partial charge in [0.05, 0.1) is 5.70 Å². The lowest BCUT2D eigenvalue weighted by atomic mass is 9.99. The quantitative estimate of drug-likeness (QED) is 0.762. The van der Waals surface area contributed by atoms with Crippen LogP contribution in [0, 0.1) is 5.92 Å². The highest BCUT2D eigenvalue weighted by atomic mass is 32.2. The number of aromatic nitrogens is 1. The van der Waals surface area contributed by atoms with Crippen LogP contribution in [-0.4, -0.2) is 37.7 Å². The number of carbonyl (C=O) groups excluding carboxylic acids is 1. The van der Waals surface area contributed by atoms with Gasteiger partial charge in [-0.3, -0.25) is 0 Å². The maximum Gasteiger partial charge on any atom is 0.194 e. The normalized spacial score (nSPS) is 18.2. The van der Waals surface area contributed by atoms with Crippen molar-refractivity contribution in [1.29, 1.82) is 0 Å². The summed E-state index contributed by atoms with van der Waals surface area (Å²) in [5, 5.41) is 4.15. The molecule has 2 N–H and O–H groups in total. The molecule has 1 aliphatic heterocycles. The lowest BCUT2D eigenvalue weighted by molar-refractivity contribution is -0.108. The van der Waals surface area contributed by atoms with E-state index in [4.69, 9.17) is 0 Å². The molecule has 138 valence electrons. The first-order valence-corrected chi connectivity index (χ1v) is 10.5. The number of H-pyrrole nitrogens is 1. The third kappa shape index (κ3) is 3.72. The van der Waals surface area contributed by atoms with Crippen LogP contribution in [0.3, 0.4) is 0 Å². The summed E-state index contributed by atoms with van der Waals surface area (Å²) in [6.45, 7) is 4.02. The molecule has 26 heavy (non-hydrogen) atoms. The third-order valence-corrected chi connectivity index (χ3v) is 5.38. The second kappa shape index (κ2) is 7.07. The van der Waals surface area contributed by atoms with Crippen molar-refractivity contribution in [3.63, 3.8) is 0 Å². The van der Waals surface area contributed by atoms with Gasteiger partial charge in [0.1, 0.15) is 12.3 Å². The van der Waals surface area contributed by atoms with Crippen LogP contribution < -0.4 is 5.32 Å². The number of para-hydroxylation sites is 1. The van der Waals surface area contributed by atoms with Gasteiger partial charge in [-0.15, -0.1) is 0 Å². The van der Waals surface area contributed by atoms with Gasteiger partial charge in [-0.2, -0.15) is 0 Å². The van der Waals surface area contributed by atoms with Crippen molar-refractivity contribution in [2.45, 2.75) is 32.7 Å². The smallest absolute Gasteiger partial charge is 0.194 e. The molecule has 2 heterocycles. The van der Waals surface area contributed by atoms with Gasteiger partial charge >= 0.3 is 0 Å². The zero-order valence-corrected chi connectivity index (χ0v) is 15.9. The average Bonchev–Trinajstić information content (AvgIpc) is 2.97. The molecule has 0 spiro atoms. The van der Waals surface area contributed by atoms with E-state index in [1.54, 1.807) is 0 Å². The molecule has 0 radical (unpaired) electrons. The number of rotatable bonds is 6. The van der Waals surface area contributed by atoms with Gasteiger partial charge in [-0.1, -0.05) is 32.0 Å². The van der Waals surface area contributed by atoms with Crippen LogP contribution in [0.15, 0.2) is 46.2 Å². The van der Waals surface area contributed by atoms with Gasteiger partial charge in [0.15, 0.2) is 14.9 Å². The van der Waals surface area contributed by atoms with Crippen LogP contribution in [-0.2, 0) is 21.1 Å². The number of nitrogens with zero attached hydrogens (tertiary/aromatic N) is 1. The molecule has 7 heteroatoms. The molecule has 6 nitrogen and oxygen atoms in total. The zero-order valence-electron chi connectivity index (χ0n) is 15.1. The second-order valence-electron chi connectivity index (χ2n) is 7.05. The van der Waals surface area contributed by atoms with E-state index in [-0.39, 0.29) is 10.9 Å². The Morgan fingerprint density at radius 3 is 2.65 bits per heavy atom. The largest absolute Gasteiger partial charge is 0.372 e. The minimum Gasteiger partial charge on any atom is -0.372 e. The monoisotopic (exact) mass is 373 g/mol. The lowest BCUT2D eigenvalue weighted by Crippen LogP contribution is -2.42. The average molecular weight is 373 g/mol. The highest BCUT2D eigenvalue weighted by Gasteiger charge is 2.29. The number of nitrogens with one attached hydrogen (secondary N) is 2. The highest BCUT2D eigenvalue weighted by molar-refractivity contribution is 7.94. The first-order valence-electron chi connectivity index (χ1n) is 8.57. The number of fused-ring (bicyclic) bond motifs is 1. The van der Waals surface area contributed by atoms with E-state index < -0.39 is 15.9 Å². The van der Waals surface area contributed by atoms with Gasteiger partial charge in [0.2, 0.25) is 0 Å². The minimum absolute atomic E-state index is 0.0246. The SMILES string of the molecule is CC(C)CC1=NC(S(C)(=O)=O)=C(Cc2c[nH]c3ccccc23)NC1C=O. The molecule has 0 fully saturated rings. The Morgan fingerprint density at radius 1 is 1.27 bits per heavy atom. The first kappa shape index (κ1) is 18.4. The lowest BCUT2D eigenvalue weighted by Gasteiger charge is -2.26. The molecule has 1 aromatic heterocycles. The van der Waals surface area contributed by atoms with E-state index in [1.165, 1.54) is 0 Å². The van der Waals surface area contributed by atoms with Crippen molar-refractivity contribution in [2.24, 2.45) is 10.9 Å². The third-order valence-electron chi connectivity index (χ3n) is 4.34. The number of sulfone groups is 1. The van der Waals surface area contributed by atoms with Crippen LogP contribution in [0.4, 0.5) is 0 Å². The van der Waals surface area contributed by atoms with Crippen molar-refractivity contribution in [1.82, 2.24) is 10.3 Å². The predicted molar refractivity (Wildman–Crippen MR) is 104 cm³/mol. The molecule has 3 rings (SSSR count). The molecule has 0 amide bonds. The van der Waals surface area contributed by atoms with Crippen molar-refractivity contribution in [3.05, 3.63) is 46.8 Å². The van der Waals surface area contributed by atoms with Crippen LogP contribution >= 0.6 is 0 Å². The number of aliphatic imine (C=N–C) groups is 1. The van der Waals surface area contributed by atoms with Crippen molar-refractivity contribution in [3.8, 4) is 0 Å². The highest BCUT2D eigenvalue weighted by Crippen LogP contribution is 2.26. The summed E-state index contributed by atoms with van der Waals surface area (Å²) in [6, 6.07) is 7.23. The zero-order chi connectivity index (χ0) is 18.9. The summed E-state index contributed by atoms with van der Waals surface area (Å²) in [4.78, 5) is 19.1. The Kier molecular flexibility index (Phi) is 5.00. The fraction of sp³-hybridized carbons (Fsp3) is 0.368. The number of aldehydes is 1. The number of aromatic amines is 1. The van der Waals surface area contributed by atoms with Crippen LogP contribution in [0.25, 0.3) is 10.9 Å². The second-order valence-corrected chi connectivity index (χ2v) is 8.98. The molecule has 0 saturated carbocycles. The molecule has 2 aromatic rings. The Labute approximate surface area is 153 Å². The standard InChI is InChI=1S/C19H23N3O3S/c1-12(2)8-16-18(11-23)21-17(19(22-16)26(3,24)25)9-13-10-20-15-7-5-4-6-14(13)15/h4-7,10-12,18,20-21H,8-9H2,1-3H3. The summed E-state index contributed by atoms with van der Waals surface area (Å²) in [5.74, 6) is 0.272. The summed E-state index contributed by atoms with van der Waals surface area (Å²) in [6.07, 6.45) is 4.72. The van der Waals surface area contributed by atoms with Gasteiger partial charge in [-0.25, -0.2) is 13.4 Å². The van der Waals surface area contributed by atoms with E-state index in [9.17, 15) is 13.2 Å². The fourth-order valence-corrected chi connectivity index (χ4v) is 4.07. The number of carbonyl (C=O) groups is 1. The van der Waals surface area contributed by atoms with Gasteiger partial charge < -0.3 is 15.1 Å².